The molecule has 2 N–H and O–H groups in total. The minimum absolute atomic E-state index is 0.303. The van der Waals surface area contributed by atoms with Gasteiger partial charge in [-0.05, 0) is 13.3 Å². The first kappa shape index (κ1) is 10.7. The number of rotatable bonds is 3. The van der Waals surface area contributed by atoms with Crippen molar-refractivity contribution in [3.63, 3.8) is 0 Å². The first-order valence-electron chi connectivity index (χ1n) is 3.55. The summed E-state index contributed by atoms with van der Waals surface area (Å²) in [6.45, 7) is 3.09. The molecule has 0 aromatic carbocycles. The number of carbonyl (C=O) groups is 2. The van der Waals surface area contributed by atoms with Gasteiger partial charge < -0.3 is 15.2 Å². The van der Waals surface area contributed by atoms with Gasteiger partial charge in [0.1, 0.15) is 5.54 Å². The maximum Gasteiger partial charge on any atom is 0.407 e. The Kier molecular flexibility index (Phi) is 3.53. The average molecular weight is 175 g/mol. The van der Waals surface area contributed by atoms with E-state index in [0.717, 1.165) is 0 Å². The summed E-state index contributed by atoms with van der Waals surface area (Å²) in [5.74, 6) is -1.07. The van der Waals surface area contributed by atoms with Crippen LogP contribution in [0, 0.1) is 0 Å². The Labute approximate surface area is 70.7 Å². The molecule has 0 spiro atoms. The number of methoxy groups -OCH3 is 1. The molecule has 0 bridgehead atoms. The van der Waals surface area contributed by atoms with Crippen molar-refractivity contribution in [1.29, 1.82) is 0 Å². The number of nitrogens with one attached hydrogen (secondary N) is 1. The molecule has 0 unspecified atom stereocenters. The summed E-state index contributed by atoms with van der Waals surface area (Å²) >= 11 is 0. The maximum absolute atomic E-state index is 10.7. The Morgan fingerprint density at radius 3 is 2.33 bits per heavy atom. The molecule has 0 aromatic rings. The number of hydrogen-bond donors (Lipinski definition) is 2. The van der Waals surface area contributed by atoms with Gasteiger partial charge in [-0.15, -0.1) is 0 Å². The Hall–Kier alpha value is -1.26. The third-order valence-corrected chi connectivity index (χ3v) is 1.74. The van der Waals surface area contributed by atoms with Gasteiger partial charge in [-0.2, -0.15) is 0 Å². The zero-order valence-corrected chi connectivity index (χ0v) is 7.38. The topological polar surface area (TPSA) is 75.6 Å². The van der Waals surface area contributed by atoms with Crippen molar-refractivity contribution < 1.29 is 19.4 Å². The molecular weight excluding hydrogens is 162 g/mol. The Balaban J connectivity index is 4.34. The molecule has 0 aliphatic carbocycles. The molecule has 5 nitrogen and oxygen atoms in total. The van der Waals surface area contributed by atoms with Gasteiger partial charge in [0.2, 0.25) is 0 Å². The second kappa shape index (κ2) is 3.94. The molecule has 1 amide bonds. The molecule has 70 valence electrons. The smallest absolute Gasteiger partial charge is 0.407 e. The van der Waals surface area contributed by atoms with Crippen LogP contribution >= 0.6 is 0 Å². The molecule has 0 saturated heterocycles. The molecule has 0 heterocycles. The van der Waals surface area contributed by atoms with Crippen LogP contribution in [0.15, 0.2) is 0 Å². The fourth-order valence-corrected chi connectivity index (χ4v) is 0.569. The average Bonchev–Trinajstić information content (AvgIpc) is 2.03. The summed E-state index contributed by atoms with van der Waals surface area (Å²) in [5.41, 5.74) is -1.24. The van der Waals surface area contributed by atoms with Crippen molar-refractivity contribution in [2.75, 3.05) is 7.11 Å². The van der Waals surface area contributed by atoms with Crippen molar-refractivity contribution in [2.45, 2.75) is 25.8 Å². The Morgan fingerprint density at radius 2 is 2.08 bits per heavy atom. The second-order valence-electron chi connectivity index (χ2n) is 2.61. The molecule has 0 rings (SSSR count). The van der Waals surface area contributed by atoms with Crippen molar-refractivity contribution in [3.8, 4) is 0 Å². The van der Waals surface area contributed by atoms with E-state index in [1.54, 1.807) is 6.92 Å². The zero-order valence-electron chi connectivity index (χ0n) is 7.38. The van der Waals surface area contributed by atoms with Crippen LogP contribution in [0.2, 0.25) is 0 Å². The van der Waals surface area contributed by atoms with E-state index >= 15 is 0 Å². The molecule has 0 aromatic heterocycles. The number of carboxylic acids is 1. The lowest BCUT2D eigenvalue weighted by atomic mass is 10.00. The van der Waals surface area contributed by atoms with Crippen LogP contribution < -0.4 is 5.32 Å². The molecule has 1 atom stereocenters. The van der Waals surface area contributed by atoms with Crippen molar-refractivity contribution in [3.05, 3.63) is 0 Å². The van der Waals surface area contributed by atoms with Crippen LogP contribution in [0.3, 0.4) is 0 Å². The standard InChI is InChI=1S/C7H13NO4/c1-4-7(2,5(9)10)8-6(11)12-3/h4H2,1-3H3,(H,8,11)(H,9,10)/t7-/m0/s1. The SMILES string of the molecule is CC[C@](C)(NC(=O)OC)C(=O)O. The monoisotopic (exact) mass is 175 g/mol. The van der Waals surface area contributed by atoms with E-state index in [1.165, 1.54) is 14.0 Å². The first-order valence-corrected chi connectivity index (χ1v) is 3.55. The summed E-state index contributed by atoms with van der Waals surface area (Å²) in [4.78, 5) is 21.3. The van der Waals surface area contributed by atoms with Gasteiger partial charge in [0, 0.05) is 0 Å². The fourth-order valence-electron chi connectivity index (χ4n) is 0.569. The first-order chi connectivity index (χ1) is 5.46. The highest BCUT2D eigenvalue weighted by Gasteiger charge is 2.32. The maximum atomic E-state index is 10.7. The highest BCUT2D eigenvalue weighted by atomic mass is 16.5. The van der Waals surface area contributed by atoms with Gasteiger partial charge in [-0.3, -0.25) is 0 Å². The molecule has 0 aliphatic rings. The summed E-state index contributed by atoms with van der Waals surface area (Å²) in [6, 6.07) is 0. The van der Waals surface area contributed by atoms with Crippen LogP contribution in [0.25, 0.3) is 0 Å². The van der Waals surface area contributed by atoms with Gasteiger partial charge in [0.05, 0.1) is 7.11 Å². The molecule has 0 saturated carbocycles. The lowest BCUT2D eigenvalue weighted by molar-refractivity contribution is -0.144. The molecule has 0 aliphatic heterocycles. The van der Waals surface area contributed by atoms with Crippen LogP contribution in [0.5, 0.6) is 0 Å². The predicted molar refractivity (Wildman–Crippen MR) is 41.9 cm³/mol. The second-order valence-corrected chi connectivity index (χ2v) is 2.61. The molecular formula is C7H13NO4. The van der Waals surface area contributed by atoms with Crippen molar-refractivity contribution in [2.24, 2.45) is 0 Å². The molecule has 0 radical (unpaired) electrons. The molecule has 12 heavy (non-hydrogen) atoms. The Morgan fingerprint density at radius 1 is 1.58 bits per heavy atom. The summed E-state index contributed by atoms with van der Waals surface area (Å²) < 4.78 is 4.28. The molecule has 5 heteroatoms. The number of hydrogen-bond acceptors (Lipinski definition) is 3. The third-order valence-electron chi connectivity index (χ3n) is 1.74. The van der Waals surface area contributed by atoms with Crippen molar-refractivity contribution in [1.82, 2.24) is 5.32 Å². The zero-order chi connectivity index (χ0) is 9.78. The number of carbonyl (C=O) groups excluding carboxylic acids is 1. The van der Waals surface area contributed by atoms with Crippen LogP contribution in [-0.2, 0) is 9.53 Å². The minimum atomic E-state index is -1.24. The van der Waals surface area contributed by atoms with Crippen LogP contribution in [0.1, 0.15) is 20.3 Å². The number of ether oxygens (including phenoxy) is 1. The number of alkyl carbamates (subject to hydrolysis) is 1. The third kappa shape index (κ3) is 2.41. The van der Waals surface area contributed by atoms with Crippen LogP contribution in [0.4, 0.5) is 4.79 Å². The van der Waals surface area contributed by atoms with E-state index < -0.39 is 17.6 Å². The van der Waals surface area contributed by atoms with Crippen molar-refractivity contribution >= 4 is 12.1 Å². The normalized spacial score (nSPS) is 14.6. The van der Waals surface area contributed by atoms with E-state index in [-0.39, 0.29) is 0 Å². The quantitative estimate of drug-likeness (QED) is 0.658. The van der Waals surface area contributed by atoms with E-state index in [4.69, 9.17) is 5.11 Å². The van der Waals surface area contributed by atoms with E-state index in [9.17, 15) is 9.59 Å². The number of amides is 1. The predicted octanol–water partition coefficient (Wildman–Crippen LogP) is 0.596. The largest absolute Gasteiger partial charge is 0.480 e. The lowest BCUT2D eigenvalue weighted by Gasteiger charge is -2.23. The van der Waals surface area contributed by atoms with E-state index in [0.29, 0.717) is 6.42 Å². The summed E-state index contributed by atoms with van der Waals surface area (Å²) in [5, 5.41) is 10.9. The Bertz CT molecular complexity index is 192. The highest BCUT2D eigenvalue weighted by Crippen LogP contribution is 2.08. The summed E-state index contributed by atoms with van der Waals surface area (Å²) in [7, 11) is 1.19. The molecule has 0 fully saturated rings. The van der Waals surface area contributed by atoms with Gasteiger partial charge in [-0.1, -0.05) is 6.92 Å². The van der Waals surface area contributed by atoms with Gasteiger partial charge in [0.25, 0.3) is 0 Å². The lowest BCUT2D eigenvalue weighted by Crippen LogP contribution is -2.51. The minimum Gasteiger partial charge on any atom is -0.480 e. The fraction of sp³-hybridized carbons (Fsp3) is 0.714. The number of carboxylic acid groups (broad SMARTS) is 1. The van der Waals surface area contributed by atoms with Gasteiger partial charge in [0.15, 0.2) is 0 Å². The van der Waals surface area contributed by atoms with Gasteiger partial charge in [-0.25, -0.2) is 9.59 Å². The highest BCUT2D eigenvalue weighted by molar-refractivity contribution is 5.83. The van der Waals surface area contributed by atoms with Crippen LogP contribution in [-0.4, -0.2) is 29.8 Å². The van der Waals surface area contributed by atoms with E-state index in [1.807, 2.05) is 0 Å². The number of aliphatic carboxylic acids is 1. The van der Waals surface area contributed by atoms with E-state index in [2.05, 4.69) is 10.1 Å². The summed E-state index contributed by atoms with van der Waals surface area (Å²) in [6.07, 6.45) is -0.431. The van der Waals surface area contributed by atoms with Gasteiger partial charge >= 0.3 is 12.1 Å².